The lowest BCUT2D eigenvalue weighted by Crippen LogP contribution is -2.51. The van der Waals surface area contributed by atoms with Gasteiger partial charge in [-0.3, -0.25) is 0 Å². The minimum Gasteiger partial charge on any atom is -0.547 e. The average Bonchev–Trinajstić information content (AvgIpc) is 3.02. The number of hydrogen-bond acceptors (Lipinski definition) is 2. The molecule has 2 nitrogen and oxygen atoms in total. The first-order chi connectivity index (χ1) is 16.7. The fourth-order valence-corrected chi connectivity index (χ4v) is 10.9. The summed E-state index contributed by atoms with van der Waals surface area (Å²) in [5.41, 5.74) is 2.45. The first-order valence-electron chi connectivity index (χ1n) is 15.5. The van der Waals surface area contributed by atoms with Crippen molar-refractivity contribution < 1.29 is 8.85 Å². The molecular formula is C33H60O2Si2. The zero-order valence-corrected chi connectivity index (χ0v) is 28.6. The van der Waals surface area contributed by atoms with Crippen LogP contribution in [0.25, 0.3) is 0 Å². The predicted octanol–water partition coefficient (Wildman–Crippen LogP) is 10.5. The second-order valence-electron chi connectivity index (χ2n) is 17.0. The highest BCUT2D eigenvalue weighted by Crippen LogP contribution is 2.68. The van der Waals surface area contributed by atoms with E-state index in [1.807, 2.05) is 0 Å². The minimum atomic E-state index is -1.97. The van der Waals surface area contributed by atoms with E-state index in [-0.39, 0.29) is 21.6 Å². The van der Waals surface area contributed by atoms with Gasteiger partial charge in [-0.25, -0.2) is 0 Å². The van der Waals surface area contributed by atoms with Crippen molar-refractivity contribution >= 4 is 16.6 Å². The Hall–Kier alpha value is -0.326. The summed E-state index contributed by atoms with van der Waals surface area (Å²) in [7, 11) is -3.91. The zero-order chi connectivity index (χ0) is 27.8. The van der Waals surface area contributed by atoms with Crippen molar-refractivity contribution in [3.63, 3.8) is 0 Å². The molecule has 0 aromatic carbocycles. The second-order valence-corrected chi connectivity index (χ2v) is 26.5. The van der Waals surface area contributed by atoms with Crippen molar-refractivity contribution in [2.24, 2.45) is 34.5 Å². The van der Waals surface area contributed by atoms with E-state index in [4.69, 9.17) is 15.4 Å². The topological polar surface area (TPSA) is 18.5 Å². The third-order valence-corrected chi connectivity index (χ3v) is 21.7. The van der Waals surface area contributed by atoms with Crippen LogP contribution < -0.4 is 0 Å². The van der Waals surface area contributed by atoms with Crippen LogP contribution in [-0.2, 0) is 8.85 Å². The summed E-state index contributed by atoms with van der Waals surface area (Å²) in [5.74, 6) is 3.66. The van der Waals surface area contributed by atoms with E-state index in [2.05, 4.69) is 87.7 Å². The summed E-state index contributed by atoms with van der Waals surface area (Å²) in [6.45, 7) is 33.8. The molecular weight excluding hydrogens is 485 g/mol. The highest BCUT2D eigenvalue weighted by molar-refractivity contribution is 6.74. The van der Waals surface area contributed by atoms with Gasteiger partial charge in [0.2, 0.25) is 8.32 Å². The van der Waals surface area contributed by atoms with Gasteiger partial charge in [0.05, 0.1) is 11.9 Å². The van der Waals surface area contributed by atoms with Crippen LogP contribution in [0.2, 0.25) is 36.3 Å². The molecule has 0 bridgehead atoms. The largest absolute Gasteiger partial charge is 0.547 e. The van der Waals surface area contributed by atoms with Crippen LogP contribution >= 0.6 is 0 Å². The van der Waals surface area contributed by atoms with Gasteiger partial charge in [0.25, 0.3) is 0 Å². The molecule has 0 aliphatic heterocycles. The lowest BCUT2D eigenvalue weighted by Gasteiger charge is -2.57. The van der Waals surface area contributed by atoms with Gasteiger partial charge in [-0.05, 0) is 110 Å². The number of rotatable bonds is 5. The summed E-state index contributed by atoms with van der Waals surface area (Å²) < 4.78 is 14.4. The third-order valence-electron chi connectivity index (χ3n) is 12.8. The maximum Gasteiger partial charge on any atom is 0.250 e. The van der Waals surface area contributed by atoms with E-state index in [0.717, 1.165) is 17.6 Å². The van der Waals surface area contributed by atoms with E-state index >= 15 is 0 Å². The van der Waals surface area contributed by atoms with E-state index < -0.39 is 16.6 Å². The Labute approximate surface area is 232 Å². The van der Waals surface area contributed by atoms with Gasteiger partial charge in [-0.2, -0.15) is 0 Å². The smallest absolute Gasteiger partial charge is 0.250 e. The quantitative estimate of drug-likeness (QED) is 0.195. The Morgan fingerprint density at radius 1 is 0.919 bits per heavy atom. The van der Waals surface area contributed by atoms with Crippen molar-refractivity contribution in [1.82, 2.24) is 0 Å². The van der Waals surface area contributed by atoms with Crippen LogP contribution in [0, 0.1) is 34.5 Å². The lowest BCUT2D eigenvalue weighted by atomic mass is 9.47. The molecule has 0 heterocycles. The molecule has 0 N–H and O–H groups in total. The standard InChI is InChI=1S/C33H60O2Si2/c1-23(34-36(10,11)30(2,3)4)29-28(35-37(12,13)31(5,6)7)22-27-25-18-17-24-16-14-15-20-32(24,8)26(25)19-21-33(27,29)9/h17,25-29H,1,14-16,18-22H2,2-13H3/t25-,26+,27+,28-,29+,32+,33+/m1/s1. The van der Waals surface area contributed by atoms with Crippen LogP contribution in [0.5, 0.6) is 0 Å². The fraction of sp³-hybridized carbons (Fsp3) is 0.879. The van der Waals surface area contributed by atoms with Gasteiger partial charge in [-0.1, -0.05) is 80.0 Å². The Bertz CT molecular complexity index is 920. The predicted molar refractivity (Wildman–Crippen MR) is 165 cm³/mol. The molecule has 0 spiro atoms. The highest BCUT2D eigenvalue weighted by atomic mass is 28.4. The van der Waals surface area contributed by atoms with Crippen LogP contribution in [0.4, 0.5) is 0 Å². The molecule has 0 aromatic heterocycles. The van der Waals surface area contributed by atoms with E-state index in [1.165, 1.54) is 51.4 Å². The van der Waals surface area contributed by atoms with Crippen molar-refractivity contribution in [3.05, 3.63) is 24.0 Å². The Morgan fingerprint density at radius 3 is 2.14 bits per heavy atom. The molecule has 37 heavy (non-hydrogen) atoms. The SMILES string of the molecule is C=C(O[Si](C)(C)C(C)(C)C)[C@H]1[C@H](O[Si](C)(C)C(C)(C)C)C[C@H]2[C@@H]3CC=C4CCCC[C@]4(C)[C@H]3CC[C@@]21C. The molecule has 212 valence electrons. The molecule has 0 aromatic rings. The molecule has 4 aliphatic carbocycles. The van der Waals surface area contributed by atoms with Crippen LogP contribution in [0.3, 0.4) is 0 Å². The first kappa shape index (κ1) is 29.7. The molecule has 0 amide bonds. The third kappa shape index (κ3) is 4.92. The molecule has 4 heteroatoms. The van der Waals surface area contributed by atoms with Gasteiger partial charge >= 0.3 is 0 Å². The normalized spacial score (nSPS) is 38.8. The highest BCUT2D eigenvalue weighted by Gasteiger charge is 2.63. The summed E-state index contributed by atoms with van der Waals surface area (Å²) in [5, 5.41) is 0.372. The summed E-state index contributed by atoms with van der Waals surface area (Å²) in [4.78, 5) is 0. The van der Waals surface area contributed by atoms with E-state index in [0.29, 0.717) is 17.3 Å². The molecule has 3 fully saturated rings. The maximum absolute atomic E-state index is 7.36. The summed E-state index contributed by atoms with van der Waals surface area (Å²) in [6, 6.07) is 0. The number of allylic oxidation sites excluding steroid dienone is 2. The molecule has 7 atom stereocenters. The van der Waals surface area contributed by atoms with Crippen molar-refractivity contribution in [3.8, 4) is 0 Å². The lowest BCUT2D eigenvalue weighted by molar-refractivity contribution is -0.0421. The Kier molecular flexibility index (Phi) is 7.51. The molecule has 0 saturated heterocycles. The molecule has 3 saturated carbocycles. The maximum atomic E-state index is 7.36. The second kappa shape index (κ2) is 9.37. The number of hydrogen-bond donors (Lipinski definition) is 0. The Balaban J connectivity index is 1.71. The van der Waals surface area contributed by atoms with Crippen molar-refractivity contribution in [1.29, 1.82) is 0 Å². The summed E-state index contributed by atoms with van der Waals surface area (Å²) >= 11 is 0. The van der Waals surface area contributed by atoms with Gasteiger partial charge < -0.3 is 8.85 Å². The summed E-state index contributed by atoms with van der Waals surface area (Å²) in [6.07, 6.45) is 13.6. The molecule has 4 rings (SSSR count). The molecule has 0 radical (unpaired) electrons. The number of fused-ring (bicyclic) bond motifs is 5. The van der Waals surface area contributed by atoms with E-state index in [1.54, 1.807) is 5.57 Å². The van der Waals surface area contributed by atoms with Crippen molar-refractivity contribution in [2.45, 2.75) is 149 Å². The molecule has 4 aliphatic rings. The Morgan fingerprint density at radius 2 is 1.54 bits per heavy atom. The van der Waals surface area contributed by atoms with Gasteiger partial charge in [-0.15, -0.1) is 0 Å². The van der Waals surface area contributed by atoms with E-state index in [9.17, 15) is 0 Å². The van der Waals surface area contributed by atoms with Crippen LogP contribution in [0.15, 0.2) is 24.0 Å². The van der Waals surface area contributed by atoms with Gasteiger partial charge in [0.1, 0.15) is 0 Å². The minimum absolute atomic E-state index is 0.169. The average molecular weight is 545 g/mol. The fourth-order valence-electron chi connectivity index (χ4n) is 8.48. The van der Waals surface area contributed by atoms with Crippen molar-refractivity contribution in [2.75, 3.05) is 0 Å². The first-order valence-corrected chi connectivity index (χ1v) is 21.3. The van der Waals surface area contributed by atoms with Crippen LogP contribution in [0.1, 0.15) is 107 Å². The van der Waals surface area contributed by atoms with Crippen LogP contribution in [-0.4, -0.2) is 22.7 Å². The van der Waals surface area contributed by atoms with Gasteiger partial charge in [0, 0.05) is 5.92 Å². The van der Waals surface area contributed by atoms with Gasteiger partial charge in [0.15, 0.2) is 8.32 Å². The monoisotopic (exact) mass is 544 g/mol. The molecule has 0 unspecified atom stereocenters. The zero-order valence-electron chi connectivity index (χ0n) is 26.6.